The monoisotopic (exact) mass is 431 g/mol. The lowest BCUT2D eigenvalue weighted by Crippen LogP contribution is -2.38. The van der Waals surface area contributed by atoms with Crippen molar-refractivity contribution in [3.63, 3.8) is 0 Å². The third-order valence-corrected chi connectivity index (χ3v) is 7.00. The van der Waals surface area contributed by atoms with Crippen molar-refractivity contribution in [1.29, 1.82) is 0 Å². The lowest BCUT2D eigenvalue weighted by molar-refractivity contribution is 0.0936. The largest absolute Gasteiger partial charge is 0.493 e. The van der Waals surface area contributed by atoms with Gasteiger partial charge in [0.05, 0.1) is 22.8 Å². The maximum Gasteiger partial charge on any atom is 0.328 e. The van der Waals surface area contributed by atoms with Crippen molar-refractivity contribution < 1.29 is 9.90 Å². The zero-order chi connectivity index (χ0) is 21.5. The van der Waals surface area contributed by atoms with E-state index in [4.69, 9.17) is 5.10 Å². The number of rotatable bonds is 6. The SMILES string of the molecule is Cc1nn(C2CCCCC2)c2sc(C(=O)NCC(C)(C)Cn3c(O)c[nH]c3=O)cc12. The highest BCUT2D eigenvalue weighted by molar-refractivity contribution is 7.20. The molecule has 162 valence electrons. The molecule has 3 N–H and O–H groups in total. The maximum atomic E-state index is 12.8. The van der Waals surface area contributed by atoms with Gasteiger partial charge < -0.3 is 15.4 Å². The van der Waals surface area contributed by atoms with Crippen molar-refractivity contribution in [2.45, 2.75) is 65.5 Å². The molecule has 0 aliphatic heterocycles. The van der Waals surface area contributed by atoms with Gasteiger partial charge in [-0.05, 0) is 25.8 Å². The van der Waals surface area contributed by atoms with E-state index in [1.54, 1.807) is 0 Å². The van der Waals surface area contributed by atoms with Gasteiger partial charge in [0, 0.05) is 23.9 Å². The average Bonchev–Trinajstić information content (AvgIpc) is 3.38. The number of H-pyrrole nitrogens is 1. The Morgan fingerprint density at radius 3 is 2.77 bits per heavy atom. The van der Waals surface area contributed by atoms with Crippen LogP contribution in [0.1, 0.15) is 67.4 Å². The molecule has 9 heteroatoms. The molecule has 0 radical (unpaired) electrons. The number of aryl methyl sites for hydroxylation is 1. The first-order valence-corrected chi connectivity index (χ1v) is 11.3. The second-order valence-corrected chi connectivity index (χ2v) is 10.1. The number of carbonyl (C=O) groups is 1. The van der Waals surface area contributed by atoms with Crippen molar-refractivity contribution >= 4 is 27.5 Å². The number of aromatic amines is 1. The summed E-state index contributed by atoms with van der Waals surface area (Å²) in [6, 6.07) is 2.36. The number of aromatic nitrogens is 4. The fourth-order valence-corrected chi connectivity index (χ4v) is 5.34. The van der Waals surface area contributed by atoms with E-state index in [-0.39, 0.29) is 17.5 Å². The van der Waals surface area contributed by atoms with Gasteiger partial charge >= 0.3 is 5.69 Å². The lowest BCUT2D eigenvalue weighted by atomic mass is 9.93. The summed E-state index contributed by atoms with van der Waals surface area (Å²) in [4.78, 5) is 28.8. The van der Waals surface area contributed by atoms with Crippen molar-refractivity contribution in [3.05, 3.63) is 33.3 Å². The van der Waals surface area contributed by atoms with Crippen LogP contribution in [-0.2, 0) is 6.54 Å². The fraction of sp³-hybridized carbons (Fsp3) is 0.571. The molecule has 3 aromatic heterocycles. The molecule has 0 spiro atoms. The van der Waals surface area contributed by atoms with E-state index in [1.165, 1.54) is 41.4 Å². The summed E-state index contributed by atoms with van der Waals surface area (Å²) < 4.78 is 3.41. The number of nitrogens with one attached hydrogen (secondary N) is 2. The van der Waals surface area contributed by atoms with Crippen LogP contribution in [0.15, 0.2) is 17.1 Å². The van der Waals surface area contributed by atoms with Gasteiger partial charge in [-0.1, -0.05) is 33.1 Å². The van der Waals surface area contributed by atoms with Crippen LogP contribution in [0.5, 0.6) is 5.88 Å². The standard InChI is InChI=1S/C21H29N5O3S/c1-13-15-9-16(30-19(15)26(24-13)14-7-5-4-6-8-14)18(28)23-11-21(2,3)12-25-17(27)10-22-20(25)29/h9-10,14,27H,4-8,11-12H2,1-3H3,(H,22,29)(H,23,28). The van der Waals surface area contributed by atoms with E-state index in [2.05, 4.69) is 15.0 Å². The number of carbonyl (C=O) groups excluding carboxylic acids is 1. The summed E-state index contributed by atoms with van der Waals surface area (Å²) in [7, 11) is 0. The first-order chi connectivity index (χ1) is 14.2. The quantitative estimate of drug-likeness (QED) is 0.555. The third kappa shape index (κ3) is 4.03. The van der Waals surface area contributed by atoms with Gasteiger partial charge in [-0.2, -0.15) is 5.10 Å². The Bertz CT molecular complexity index is 1110. The minimum atomic E-state index is -0.412. The van der Waals surface area contributed by atoms with Crippen molar-refractivity contribution in [2.24, 2.45) is 5.41 Å². The Morgan fingerprint density at radius 1 is 1.37 bits per heavy atom. The first kappa shape index (κ1) is 20.7. The molecule has 1 amide bonds. The molecule has 1 aliphatic carbocycles. The number of fused-ring (bicyclic) bond motifs is 1. The van der Waals surface area contributed by atoms with Crippen LogP contribution in [0.2, 0.25) is 0 Å². The lowest BCUT2D eigenvalue weighted by Gasteiger charge is -2.25. The van der Waals surface area contributed by atoms with Gasteiger partial charge in [0.1, 0.15) is 4.83 Å². The Balaban J connectivity index is 1.47. The topological polar surface area (TPSA) is 105 Å². The summed E-state index contributed by atoms with van der Waals surface area (Å²) in [6.45, 7) is 6.57. The fourth-order valence-electron chi connectivity index (χ4n) is 4.19. The number of amides is 1. The zero-order valence-corrected chi connectivity index (χ0v) is 18.5. The molecule has 4 rings (SSSR count). The number of aromatic hydroxyl groups is 1. The third-order valence-electron chi connectivity index (χ3n) is 5.87. The van der Waals surface area contributed by atoms with Gasteiger partial charge in [-0.25, -0.2) is 4.79 Å². The minimum Gasteiger partial charge on any atom is -0.493 e. The summed E-state index contributed by atoms with van der Waals surface area (Å²) in [5.74, 6) is -0.226. The Hall–Kier alpha value is -2.55. The molecule has 1 saturated carbocycles. The van der Waals surface area contributed by atoms with Crippen molar-refractivity contribution in [1.82, 2.24) is 24.6 Å². The second kappa shape index (κ2) is 7.94. The summed E-state index contributed by atoms with van der Waals surface area (Å²) >= 11 is 1.50. The number of hydrogen-bond donors (Lipinski definition) is 3. The van der Waals surface area contributed by atoms with Gasteiger partial charge in [-0.15, -0.1) is 11.3 Å². The number of imidazole rings is 1. The molecule has 30 heavy (non-hydrogen) atoms. The average molecular weight is 432 g/mol. The highest BCUT2D eigenvalue weighted by Gasteiger charge is 2.25. The molecule has 0 aromatic carbocycles. The Morgan fingerprint density at radius 2 is 2.10 bits per heavy atom. The van der Waals surface area contributed by atoms with E-state index in [1.807, 2.05) is 26.8 Å². The van der Waals surface area contributed by atoms with E-state index in [9.17, 15) is 14.7 Å². The molecule has 1 fully saturated rings. The van der Waals surface area contributed by atoms with E-state index in [0.717, 1.165) is 28.8 Å². The molecule has 1 aliphatic rings. The molecule has 0 bridgehead atoms. The van der Waals surface area contributed by atoms with Gasteiger partial charge in [0.15, 0.2) is 0 Å². The molecule has 0 saturated heterocycles. The summed E-state index contributed by atoms with van der Waals surface area (Å²) in [5, 5.41) is 18.6. The van der Waals surface area contributed by atoms with Gasteiger partial charge in [0.25, 0.3) is 5.91 Å². The second-order valence-electron chi connectivity index (χ2n) is 9.04. The van der Waals surface area contributed by atoms with Gasteiger partial charge in [0.2, 0.25) is 5.88 Å². The normalized spacial score (nSPS) is 15.7. The minimum absolute atomic E-state index is 0.105. The predicted octanol–water partition coefficient (Wildman–Crippen LogP) is 3.56. The Kier molecular flexibility index (Phi) is 5.48. The van der Waals surface area contributed by atoms with Crippen molar-refractivity contribution in [2.75, 3.05) is 6.54 Å². The van der Waals surface area contributed by atoms with Crippen LogP contribution in [0.4, 0.5) is 0 Å². The summed E-state index contributed by atoms with van der Waals surface area (Å²) in [6.07, 6.45) is 7.33. The van der Waals surface area contributed by atoms with Crippen LogP contribution < -0.4 is 11.0 Å². The Labute approximate surface area is 178 Å². The van der Waals surface area contributed by atoms with Crippen LogP contribution in [0, 0.1) is 12.3 Å². The van der Waals surface area contributed by atoms with Gasteiger partial charge in [-0.3, -0.25) is 14.0 Å². The number of nitrogens with zero attached hydrogens (tertiary/aromatic N) is 3. The van der Waals surface area contributed by atoms with Crippen LogP contribution >= 0.6 is 11.3 Å². The molecular formula is C21H29N5O3S. The number of hydrogen-bond acceptors (Lipinski definition) is 5. The predicted molar refractivity (Wildman–Crippen MR) is 117 cm³/mol. The van der Waals surface area contributed by atoms with E-state index < -0.39 is 5.41 Å². The molecule has 3 heterocycles. The molecular weight excluding hydrogens is 402 g/mol. The molecule has 8 nitrogen and oxygen atoms in total. The van der Waals surface area contributed by atoms with Crippen molar-refractivity contribution in [3.8, 4) is 5.88 Å². The smallest absolute Gasteiger partial charge is 0.328 e. The highest BCUT2D eigenvalue weighted by Crippen LogP contribution is 2.35. The van der Waals surface area contributed by atoms with E-state index in [0.29, 0.717) is 24.0 Å². The molecule has 0 atom stereocenters. The van der Waals surface area contributed by atoms with Crippen LogP contribution in [-0.4, -0.2) is 36.9 Å². The zero-order valence-electron chi connectivity index (χ0n) is 17.7. The molecule has 0 unspecified atom stereocenters. The number of thiophene rings is 1. The first-order valence-electron chi connectivity index (χ1n) is 10.5. The highest BCUT2D eigenvalue weighted by atomic mass is 32.1. The van der Waals surface area contributed by atoms with Crippen LogP contribution in [0.25, 0.3) is 10.2 Å². The van der Waals surface area contributed by atoms with E-state index >= 15 is 0 Å². The molecule has 3 aromatic rings. The summed E-state index contributed by atoms with van der Waals surface area (Å²) in [5.41, 5.74) is 0.192. The maximum absolute atomic E-state index is 12.8. The van der Waals surface area contributed by atoms with Crippen LogP contribution in [0.3, 0.4) is 0 Å².